The van der Waals surface area contributed by atoms with Crippen LogP contribution in [-0.2, 0) is 22.6 Å². The number of nitrogens with zero attached hydrogens (tertiary/aromatic N) is 2. The molecule has 146 valence electrons. The summed E-state index contributed by atoms with van der Waals surface area (Å²) in [4.78, 5) is 42.9. The van der Waals surface area contributed by atoms with Crippen LogP contribution in [0.25, 0.3) is 10.2 Å². The van der Waals surface area contributed by atoms with Gasteiger partial charge >= 0.3 is 0 Å². The maximum atomic E-state index is 12.6. The molecule has 0 bridgehead atoms. The molecule has 2 aromatic heterocycles. The van der Waals surface area contributed by atoms with Crippen molar-refractivity contribution in [2.75, 3.05) is 11.9 Å². The Morgan fingerprint density at radius 2 is 1.93 bits per heavy atom. The van der Waals surface area contributed by atoms with E-state index in [1.165, 1.54) is 22.2 Å². The number of hydrogen-bond acceptors (Lipinski definition) is 5. The molecule has 0 aliphatic rings. The molecule has 0 fully saturated rings. The standard InChI is InChI=1S/C20H22N4O3S/c1-4-14-7-5-6-8-15(14)23-16(25)9-21-17(26)10-24-11-22-19-18(20(24)27)12(2)13(3)28-19/h5-8,11H,4,9-10H2,1-3H3,(H,21,26)(H,23,25). The normalized spacial score (nSPS) is 10.8. The molecule has 3 aromatic rings. The topological polar surface area (TPSA) is 93.1 Å². The molecule has 3 rings (SSSR count). The third-order valence-electron chi connectivity index (χ3n) is 4.59. The van der Waals surface area contributed by atoms with Gasteiger partial charge in [-0.3, -0.25) is 19.0 Å². The van der Waals surface area contributed by atoms with E-state index in [9.17, 15) is 14.4 Å². The van der Waals surface area contributed by atoms with E-state index < -0.39 is 5.91 Å². The van der Waals surface area contributed by atoms with E-state index in [0.717, 1.165) is 28.1 Å². The zero-order valence-corrected chi connectivity index (χ0v) is 16.9. The number of para-hydroxylation sites is 1. The predicted molar refractivity (Wildman–Crippen MR) is 111 cm³/mol. The fourth-order valence-electron chi connectivity index (χ4n) is 2.92. The number of fused-ring (bicyclic) bond motifs is 1. The first kappa shape index (κ1) is 19.8. The van der Waals surface area contributed by atoms with E-state index in [2.05, 4.69) is 15.6 Å². The Morgan fingerprint density at radius 3 is 2.68 bits per heavy atom. The predicted octanol–water partition coefficient (Wildman–Crippen LogP) is 2.39. The number of carbonyl (C=O) groups excluding carboxylic acids is 2. The smallest absolute Gasteiger partial charge is 0.262 e. The summed E-state index contributed by atoms with van der Waals surface area (Å²) in [6.07, 6.45) is 2.17. The zero-order valence-electron chi connectivity index (χ0n) is 16.0. The molecule has 0 saturated carbocycles. The zero-order chi connectivity index (χ0) is 20.3. The third kappa shape index (κ3) is 4.12. The number of aryl methyl sites for hydroxylation is 3. The second-order valence-corrected chi connectivity index (χ2v) is 7.68. The molecule has 1 aromatic carbocycles. The van der Waals surface area contributed by atoms with E-state index in [0.29, 0.717) is 10.2 Å². The average molecular weight is 398 g/mol. The van der Waals surface area contributed by atoms with Gasteiger partial charge in [0.25, 0.3) is 5.56 Å². The van der Waals surface area contributed by atoms with E-state index >= 15 is 0 Å². The number of nitrogens with one attached hydrogen (secondary N) is 2. The fourth-order valence-corrected chi connectivity index (χ4v) is 3.90. The number of aromatic nitrogens is 2. The van der Waals surface area contributed by atoms with Gasteiger partial charge in [0.1, 0.15) is 11.4 Å². The maximum absolute atomic E-state index is 12.6. The lowest BCUT2D eigenvalue weighted by Gasteiger charge is -2.11. The molecular weight excluding hydrogens is 376 g/mol. The number of anilines is 1. The van der Waals surface area contributed by atoms with Gasteiger partial charge in [0, 0.05) is 10.6 Å². The molecule has 0 aliphatic carbocycles. The van der Waals surface area contributed by atoms with Crippen molar-refractivity contribution in [3.8, 4) is 0 Å². The SMILES string of the molecule is CCc1ccccc1NC(=O)CNC(=O)Cn1cnc2sc(C)c(C)c2c1=O. The summed E-state index contributed by atoms with van der Waals surface area (Å²) >= 11 is 1.46. The van der Waals surface area contributed by atoms with E-state index in [4.69, 9.17) is 0 Å². The summed E-state index contributed by atoms with van der Waals surface area (Å²) < 4.78 is 1.26. The molecule has 0 spiro atoms. The Hall–Kier alpha value is -3.00. The molecule has 2 heterocycles. The molecule has 28 heavy (non-hydrogen) atoms. The van der Waals surface area contributed by atoms with Crippen LogP contribution in [0.2, 0.25) is 0 Å². The van der Waals surface area contributed by atoms with Crippen molar-refractivity contribution < 1.29 is 9.59 Å². The summed E-state index contributed by atoms with van der Waals surface area (Å²) in [6, 6.07) is 7.52. The molecule has 8 heteroatoms. The highest BCUT2D eigenvalue weighted by Gasteiger charge is 2.14. The van der Waals surface area contributed by atoms with Crippen LogP contribution < -0.4 is 16.2 Å². The lowest BCUT2D eigenvalue weighted by atomic mass is 10.1. The fraction of sp³-hybridized carbons (Fsp3) is 0.300. The van der Waals surface area contributed by atoms with Crippen molar-refractivity contribution in [3.05, 3.63) is 57.0 Å². The Morgan fingerprint density at radius 1 is 1.18 bits per heavy atom. The van der Waals surface area contributed by atoms with Crippen molar-refractivity contribution in [1.82, 2.24) is 14.9 Å². The minimum atomic E-state index is -0.424. The molecule has 0 aliphatic heterocycles. The van der Waals surface area contributed by atoms with Crippen LogP contribution in [-0.4, -0.2) is 27.9 Å². The lowest BCUT2D eigenvalue weighted by Crippen LogP contribution is -2.37. The summed E-state index contributed by atoms with van der Waals surface area (Å²) in [5.41, 5.74) is 2.40. The van der Waals surface area contributed by atoms with Gasteiger partial charge in [-0.1, -0.05) is 25.1 Å². The number of rotatable bonds is 6. The number of hydrogen-bond donors (Lipinski definition) is 2. The van der Waals surface area contributed by atoms with Crippen molar-refractivity contribution in [2.45, 2.75) is 33.7 Å². The number of amides is 2. The number of benzene rings is 1. The monoisotopic (exact) mass is 398 g/mol. The van der Waals surface area contributed by atoms with Crippen molar-refractivity contribution in [2.24, 2.45) is 0 Å². The third-order valence-corrected chi connectivity index (χ3v) is 5.70. The average Bonchev–Trinajstić information content (AvgIpc) is 2.97. The highest BCUT2D eigenvalue weighted by molar-refractivity contribution is 7.18. The van der Waals surface area contributed by atoms with Gasteiger partial charge in [-0.2, -0.15) is 0 Å². The van der Waals surface area contributed by atoms with Gasteiger partial charge in [0.2, 0.25) is 11.8 Å². The number of thiophene rings is 1. The van der Waals surface area contributed by atoms with Crippen molar-refractivity contribution in [1.29, 1.82) is 0 Å². The van der Waals surface area contributed by atoms with Gasteiger partial charge in [-0.25, -0.2) is 4.98 Å². The first-order valence-electron chi connectivity index (χ1n) is 9.00. The highest BCUT2D eigenvalue weighted by Crippen LogP contribution is 2.25. The molecule has 2 N–H and O–H groups in total. The van der Waals surface area contributed by atoms with Crippen LogP contribution in [0.15, 0.2) is 35.4 Å². The highest BCUT2D eigenvalue weighted by atomic mass is 32.1. The summed E-state index contributed by atoms with van der Waals surface area (Å²) in [7, 11) is 0. The Bertz CT molecular complexity index is 1100. The van der Waals surface area contributed by atoms with Gasteiger partial charge < -0.3 is 10.6 Å². The first-order valence-corrected chi connectivity index (χ1v) is 9.82. The largest absolute Gasteiger partial charge is 0.345 e. The van der Waals surface area contributed by atoms with Crippen LogP contribution in [0, 0.1) is 13.8 Å². The molecule has 0 unspecified atom stereocenters. The maximum Gasteiger partial charge on any atom is 0.262 e. The Kier molecular flexibility index (Phi) is 5.89. The summed E-state index contributed by atoms with van der Waals surface area (Å²) in [6.45, 7) is 5.46. The van der Waals surface area contributed by atoms with E-state index in [1.54, 1.807) is 0 Å². The molecule has 0 atom stereocenters. The van der Waals surface area contributed by atoms with E-state index in [1.807, 2.05) is 45.0 Å². The minimum absolute atomic E-state index is 0.169. The quantitative estimate of drug-likeness (QED) is 0.667. The second kappa shape index (κ2) is 8.35. The summed E-state index contributed by atoms with van der Waals surface area (Å²) in [5.74, 6) is -0.744. The van der Waals surface area contributed by atoms with Gasteiger partial charge in [0.15, 0.2) is 0 Å². The van der Waals surface area contributed by atoms with Crippen LogP contribution in [0.4, 0.5) is 5.69 Å². The molecule has 2 amide bonds. The van der Waals surface area contributed by atoms with Crippen LogP contribution in [0.3, 0.4) is 0 Å². The van der Waals surface area contributed by atoms with E-state index in [-0.39, 0.29) is 24.6 Å². The van der Waals surface area contributed by atoms with Gasteiger partial charge in [-0.05, 0) is 37.5 Å². The first-order chi connectivity index (χ1) is 13.4. The summed E-state index contributed by atoms with van der Waals surface area (Å²) in [5, 5.41) is 5.89. The van der Waals surface area contributed by atoms with Crippen LogP contribution >= 0.6 is 11.3 Å². The minimum Gasteiger partial charge on any atom is -0.345 e. The Labute approximate surface area is 166 Å². The van der Waals surface area contributed by atoms with Crippen LogP contribution in [0.1, 0.15) is 22.9 Å². The second-order valence-electron chi connectivity index (χ2n) is 6.48. The molecule has 7 nitrogen and oxygen atoms in total. The number of carbonyl (C=O) groups is 2. The van der Waals surface area contributed by atoms with Gasteiger partial charge in [-0.15, -0.1) is 11.3 Å². The van der Waals surface area contributed by atoms with Crippen molar-refractivity contribution >= 4 is 39.1 Å². The molecular formula is C20H22N4O3S. The molecule has 0 radical (unpaired) electrons. The molecule has 0 saturated heterocycles. The van der Waals surface area contributed by atoms with Crippen LogP contribution in [0.5, 0.6) is 0 Å². The lowest BCUT2D eigenvalue weighted by molar-refractivity contribution is -0.124. The van der Waals surface area contributed by atoms with Gasteiger partial charge in [0.05, 0.1) is 18.3 Å². The van der Waals surface area contributed by atoms with Crippen molar-refractivity contribution in [3.63, 3.8) is 0 Å². The Balaban J connectivity index is 1.62.